The molecular formula is C17H25NO3. The second-order valence-electron chi connectivity index (χ2n) is 5.04. The van der Waals surface area contributed by atoms with Crippen molar-refractivity contribution >= 4 is 11.8 Å². The lowest BCUT2D eigenvalue weighted by atomic mass is 9.98. The number of methoxy groups -OCH3 is 1. The van der Waals surface area contributed by atoms with E-state index in [2.05, 4.69) is 17.0 Å². The summed E-state index contributed by atoms with van der Waals surface area (Å²) in [5, 5.41) is 3.22. The Labute approximate surface area is 126 Å². The van der Waals surface area contributed by atoms with Gasteiger partial charge in [0.25, 0.3) is 0 Å². The van der Waals surface area contributed by atoms with Crippen LogP contribution in [0.5, 0.6) is 0 Å². The maximum atomic E-state index is 12.5. The van der Waals surface area contributed by atoms with Crippen LogP contribution >= 0.6 is 0 Å². The maximum Gasteiger partial charge on any atom is 0.305 e. The Balaban J connectivity index is 2.74. The van der Waals surface area contributed by atoms with E-state index in [1.165, 1.54) is 12.7 Å². The molecule has 0 aliphatic rings. The van der Waals surface area contributed by atoms with Gasteiger partial charge in [-0.25, -0.2) is 0 Å². The van der Waals surface area contributed by atoms with Crippen LogP contribution in [-0.4, -0.2) is 31.4 Å². The van der Waals surface area contributed by atoms with Crippen LogP contribution in [0, 0.1) is 0 Å². The SMILES string of the molecule is CCCNC(CCC(=O)OC)C(=O)c1ccc(CC)cc1. The first-order valence-corrected chi connectivity index (χ1v) is 7.55. The van der Waals surface area contributed by atoms with E-state index >= 15 is 0 Å². The first-order chi connectivity index (χ1) is 10.1. The number of ketones is 1. The molecule has 1 unspecified atom stereocenters. The Morgan fingerprint density at radius 1 is 1.19 bits per heavy atom. The fraction of sp³-hybridized carbons (Fsp3) is 0.529. The second-order valence-corrected chi connectivity index (χ2v) is 5.04. The molecule has 0 saturated heterocycles. The molecule has 4 heteroatoms. The summed E-state index contributed by atoms with van der Waals surface area (Å²) in [6.45, 7) is 4.88. The summed E-state index contributed by atoms with van der Waals surface area (Å²) in [5.41, 5.74) is 1.89. The Morgan fingerprint density at radius 2 is 1.86 bits per heavy atom. The molecule has 116 valence electrons. The summed E-state index contributed by atoms with van der Waals surface area (Å²) in [6, 6.07) is 7.34. The van der Waals surface area contributed by atoms with Crippen molar-refractivity contribution in [1.82, 2.24) is 5.32 Å². The quantitative estimate of drug-likeness (QED) is 0.561. The molecule has 1 atom stereocenters. The average molecular weight is 291 g/mol. The normalized spacial score (nSPS) is 12.0. The molecule has 21 heavy (non-hydrogen) atoms. The molecule has 0 saturated carbocycles. The van der Waals surface area contributed by atoms with E-state index in [1.807, 2.05) is 31.2 Å². The van der Waals surface area contributed by atoms with Crippen molar-refractivity contribution in [2.24, 2.45) is 0 Å². The van der Waals surface area contributed by atoms with Crippen LogP contribution in [0.15, 0.2) is 24.3 Å². The molecule has 0 spiro atoms. The molecule has 0 amide bonds. The average Bonchev–Trinajstić information content (AvgIpc) is 2.54. The van der Waals surface area contributed by atoms with Crippen molar-refractivity contribution in [3.8, 4) is 0 Å². The third-order valence-corrected chi connectivity index (χ3v) is 3.47. The molecular weight excluding hydrogens is 266 g/mol. The predicted molar refractivity (Wildman–Crippen MR) is 83.5 cm³/mol. The van der Waals surface area contributed by atoms with E-state index < -0.39 is 0 Å². The van der Waals surface area contributed by atoms with Crippen LogP contribution in [0.1, 0.15) is 49.0 Å². The molecule has 0 aliphatic carbocycles. The number of hydrogen-bond donors (Lipinski definition) is 1. The van der Waals surface area contributed by atoms with Gasteiger partial charge in [0.1, 0.15) is 0 Å². The number of Topliss-reactive ketones (excluding diaryl/α,β-unsaturated/α-hetero) is 1. The van der Waals surface area contributed by atoms with Crippen LogP contribution in [0.2, 0.25) is 0 Å². The summed E-state index contributed by atoms with van der Waals surface area (Å²) in [5.74, 6) is -0.248. The van der Waals surface area contributed by atoms with Gasteiger partial charge in [0, 0.05) is 12.0 Å². The zero-order valence-corrected chi connectivity index (χ0v) is 13.1. The van der Waals surface area contributed by atoms with Gasteiger partial charge in [-0.1, -0.05) is 38.1 Å². The van der Waals surface area contributed by atoms with Crippen molar-refractivity contribution in [1.29, 1.82) is 0 Å². The van der Waals surface area contributed by atoms with Crippen molar-refractivity contribution in [2.45, 2.75) is 45.6 Å². The molecule has 1 rings (SSSR count). The number of benzene rings is 1. The Hall–Kier alpha value is -1.68. The van der Waals surface area contributed by atoms with Crippen LogP contribution in [0.25, 0.3) is 0 Å². The van der Waals surface area contributed by atoms with Crippen LogP contribution < -0.4 is 5.32 Å². The van der Waals surface area contributed by atoms with Crippen LogP contribution in [-0.2, 0) is 16.0 Å². The number of hydrogen-bond acceptors (Lipinski definition) is 4. The van der Waals surface area contributed by atoms with Crippen molar-refractivity contribution < 1.29 is 14.3 Å². The Kier molecular flexibility index (Phi) is 7.69. The van der Waals surface area contributed by atoms with E-state index in [-0.39, 0.29) is 24.2 Å². The van der Waals surface area contributed by atoms with Gasteiger partial charge in [0.15, 0.2) is 5.78 Å². The minimum atomic E-state index is -0.337. The molecule has 0 radical (unpaired) electrons. The summed E-state index contributed by atoms with van der Waals surface area (Å²) in [6.07, 6.45) is 2.60. The highest BCUT2D eigenvalue weighted by molar-refractivity contribution is 6.00. The highest BCUT2D eigenvalue weighted by atomic mass is 16.5. The third kappa shape index (κ3) is 5.68. The first-order valence-electron chi connectivity index (χ1n) is 7.55. The Morgan fingerprint density at radius 3 is 2.38 bits per heavy atom. The standard InChI is InChI=1S/C17H25NO3/c1-4-12-18-15(10-11-16(19)21-3)17(20)14-8-6-13(5-2)7-9-14/h6-9,15,18H,4-5,10-12H2,1-3H3. The number of aryl methyl sites for hydroxylation is 1. The van der Waals surface area contributed by atoms with Gasteiger partial charge in [-0.2, -0.15) is 0 Å². The minimum Gasteiger partial charge on any atom is -0.469 e. The van der Waals surface area contributed by atoms with E-state index in [0.29, 0.717) is 12.0 Å². The number of rotatable bonds is 9. The van der Waals surface area contributed by atoms with Gasteiger partial charge in [0.2, 0.25) is 0 Å². The maximum absolute atomic E-state index is 12.5. The number of ether oxygens (including phenoxy) is 1. The molecule has 0 fully saturated rings. The fourth-order valence-electron chi connectivity index (χ4n) is 2.11. The smallest absolute Gasteiger partial charge is 0.305 e. The topological polar surface area (TPSA) is 55.4 Å². The molecule has 1 N–H and O–H groups in total. The van der Waals surface area contributed by atoms with Gasteiger partial charge >= 0.3 is 5.97 Å². The second kappa shape index (κ2) is 9.29. The monoisotopic (exact) mass is 291 g/mol. The molecule has 0 bridgehead atoms. The number of esters is 1. The molecule has 1 aromatic carbocycles. The summed E-state index contributed by atoms with van der Waals surface area (Å²) < 4.78 is 4.64. The van der Waals surface area contributed by atoms with E-state index in [4.69, 9.17) is 0 Å². The van der Waals surface area contributed by atoms with E-state index in [1.54, 1.807) is 0 Å². The number of carbonyl (C=O) groups excluding carboxylic acids is 2. The Bertz CT molecular complexity index is 454. The zero-order valence-electron chi connectivity index (χ0n) is 13.1. The zero-order chi connectivity index (χ0) is 15.7. The summed E-state index contributed by atoms with van der Waals surface area (Å²) in [7, 11) is 1.36. The largest absolute Gasteiger partial charge is 0.469 e. The molecule has 1 aromatic rings. The number of carbonyl (C=O) groups is 2. The third-order valence-electron chi connectivity index (χ3n) is 3.47. The van der Waals surface area contributed by atoms with Crippen LogP contribution in [0.3, 0.4) is 0 Å². The molecule has 0 aromatic heterocycles. The lowest BCUT2D eigenvalue weighted by Gasteiger charge is -2.17. The van der Waals surface area contributed by atoms with Gasteiger partial charge < -0.3 is 10.1 Å². The summed E-state index contributed by atoms with van der Waals surface area (Å²) in [4.78, 5) is 23.8. The van der Waals surface area contributed by atoms with E-state index in [0.717, 1.165) is 19.4 Å². The van der Waals surface area contributed by atoms with Crippen molar-refractivity contribution in [2.75, 3.05) is 13.7 Å². The van der Waals surface area contributed by atoms with Gasteiger partial charge in [-0.15, -0.1) is 0 Å². The fourth-order valence-corrected chi connectivity index (χ4v) is 2.11. The van der Waals surface area contributed by atoms with Gasteiger partial charge in [0.05, 0.1) is 13.2 Å². The summed E-state index contributed by atoms with van der Waals surface area (Å²) >= 11 is 0. The lowest BCUT2D eigenvalue weighted by Crippen LogP contribution is -2.37. The van der Waals surface area contributed by atoms with Gasteiger partial charge in [-0.3, -0.25) is 9.59 Å². The minimum absolute atomic E-state index is 0.0370. The van der Waals surface area contributed by atoms with E-state index in [9.17, 15) is 9.59 Å². The number of nitrogens with one attached hydrogen (secondary N) is 1. The highest BCUT2D eigenvalue weighted by Gasteiger charge is 2.20. The predicted octanol–water partition coefficient (Wildman–Crippen LogP) is 2.75. The van der Waals surface area contributed by atoms with Crippen LogP contribution in [0.4, 0.5) is 0 Å². The highest BCUT2D eigenvalue weighted by Crippen LogP contribution is 2.11. The molecule has 0 aliphatic heterocycles. The first kappa shape index (κ1) is 17.4. The van der Waals surface area contributed by atoms with Crippen molar-refractivity contribution in [3.63, 3.8) is 0 Å². The van der Waals surface area contributed by atoms with Crippen molar-refractivity contribution in [3.05, 3.63) is 35.4 Å². The molecule has 4 nitrogen and oxygen atoms in total. The van der Waals surface area contributed by atoms with Gasteiger partial charge in [-0.05, 0) is 31.4 Å². The molecule has 0 heterocycles. The lowest BCUT2D eigenvalue weighted by molar-refractivity contribution is -0.140.